The monoisotopic (exact) mass is 250 g/mol. The van der Waals surface area contributed by atoms with Crippen molar-refractivity contribution in [3.8, 4) is 5.75 Å². The molecule has 1 N–H and O–H groups in total. The number of nitrogens with zero attached hydrogens (tertiary/aromatic N) is 1. The predicted octanol–water partition coefficient (Wildman–Crippen LogP) is 1.76. The highest BCUT2D eigenvalue weighted by molar-refractivity contribution is 5.93. The van der Waals surface area contributed by atoms with Crippen molar-refractivity contribution in [1.29, 1.82) is 0 Å². The van der Waals surface area contributed by atoms with E-state index in [9.17, 15) is 4.79 Å². The van der Waals surface area contributed by atoms with Crippen molar-refractivity contribution in [1.82, 2.24) is 4.98 Å². The van der Waals surface area contributed by atoms with Crippen molar-refractivity contribution in [2.24, 2.45) is 5.92 Å². The first kappa shape index (κ1) is 12.8. The van der Waals surface area contributed by atoms with E-state index in [-0.39, 0.29) is 11.8 Å². The summed E-state index contributed by atoms with van der Waals surface area (Å²) in [5, 5.41) is 2.82. The molecule has 1 amide bonds. The maximum atomic E-state index is 12.1. The van der Waals surface area contributed by atoms with Gasteiger partial charge in [0.1, 0.15) is 0 Å². The lowest BCUT2D eigenvalue weighted by atomic mass is 10.0. The summed E-state index contributed by atoms with van der Waals surface area (Å²) in [7, 11) is 1.56. The van der Waals surface area contributed by atoms with Gasteiger partial charge in [0.2, 0.25) is 5.91 Å². The normalized spacial score (nSPS) is 19.3. The standard InChI is InChI=1S/C13H18N2O3/c1-9-5-6-11(17-2)12(14-9)15-13(16)10-4-3-7-18-8-10/h5-6,10H,3-4,7-8H2,1-2H3,(H,14,15,16)/t10-/m1/s1. The van der Waals surface area contributed by atoms with E-state index < -0.39 is 0 Å². The zero-order valence-corrected chi connectivity index (χ0v) is 10.7. The first-order valence-electron chi connectivity index (χ1n) is 6.11. The number of hydrogen-bond acceptors (Lipinski definition) is 4. The van der Waals surface area contributed by atoms with Gasteiger partial charge in [-0.3, -0.25) is 4.79 Å². The fraction of sp³-hybridized carbons (Fsp3) is 0.538. The summed E-state index contributed by atoms with van der Waals surface area (Å²) in [4.78, 5) is 16.3. The van der Waals surface area contributed by atoms with E-state index in [1.54, 1.807) is 13.2 Å². The SMILES string of the molecule is COc1ccc(C)nc1NC(=O)[C@@H]1CCCOC1. The maximum Gasteiger partial charge on any atom is 0.231 e. The quantitative estimate of drug-likeness (QED) is 0.888. The van der Waals surface area contributed by atoms with Crippen LogP contribution in [0.25, 0.3) is 0 Å². The van der Waals surface area contributed by atoms with Gasteiger partial charge >= 0.3 is 0 Å². The average Bonchev–Trinajstić information content (AvgIpc) is 2.40. The minimum absolute atomic E-state index is 0.0499. The molecule has 1 aliphatic rings. The summed E-state index contributed by atoms with van der Waals surface area (Å²) in [5.41, 5.74) is 0.839. The highest BCUT2D eigenvalue weighted by Gasteiger charge is 2.23. The number of rotatable bonds is 3. The van der Waals surface area contributed by atoms with Gasteiger partial charge in [-0.2, -0.15) is 0 Å². The Labute approximate surface area is 107 Å². The first-order valence-corrected chi connectivity index (χ1v) is 6.11. The molecule has 2 heterocycles. The molecule has 0 saturated carbocycles. The van der Waals surface area contributed by atoms with Crippen LogP contribution >= 0.6 is 0 Å². The molecule has 0 radical (unpaired) electrons. The van der Waals surface area contributed by atoms with Gasteiger partial charge in [0, 0.05) is 12.3 Å². The van der Waals surface area contributed by atoms with Crippen LogP contribution in [0.3, 0.4) is 0 Å². The van der Waals surface area contributed by atoms with Crippen LogP contribution in [-0.2, 0) is 9.53 Å². The Morgan fingerprint density at radius 2 is 2.39 bits per heavy atom. The van der Waals surface area contributed by atoms with Gasteiger partial charge in [-0.25, -0.2) is 4.98 Å². The van der Waals surface area contributed by atoms with Gasteiger partial charge in [0.05, 0.1) is 19.6 Å². The van der Waals surface area contributed by atoms with Crippen molar-refractivity contribution in [3.05, 3.63) is 17.8 Å². The number of anilines is 1. The Morgan fingerprint density at radius 1 is 1.56 bits per heavy atom. The molecule has 0 unspecified atom stereocenters. The Bertz CT molecular complexity index is 428. The average molecular weight is 250 g/mol. The lowest BCUT2D eigenvalue weighted by Crippen LogP contribution is -2.30. The van der Waals surface area contributed by atoms with E-state index >= 15 is 0 Å². The van der Waals surface area contributed by atoms with Gasteiger partial charge in [0.25, 0.3) is 0 Å². The van der Waals surface area contributed by atoms with Crippen LogP contribution in [0.1, 0.15) is 18.5 Å². The van der Waals surface area contributed by atoms with Crippen LogP contribution in [0.2, 0.25) is 0 Å². The molecule has 1 fully saturated rings. The molecule has 0 spiro atoms. The van der Waals surface area contributed by atoms with Crippen molar-refractivity contribution in [2.75, 3.05) is 25.6 Å². The molecule has 1 atom stereocenters. The smallest absolute Gasteiger partial charge is 0.231 e. The second-order valence-corrected chi connectivity index (χ2v) is 4.41. The predicted molar refractivity (Wildman–Crippen MR) is 67.7 cm³/mol. The number of carbonyl (C=O) groups excluding carboxylic acids is 1. The molecule has 0 aromatic carbocycles. The molecular weight excluding hydrogens is 232 g/mol. The van der Waals surface area contributed by atoms with E-state index in [4.69, 9.17) is 9.47 Å². The Morgan fingerprint density at radius 3 is 3.06 bits per heavy atom. The fourth-order valence-electron chi connectivity index (χ4n) is 1.96. The Hall–Kier alpha value is -1.62. The third kappa shape index (κ3) is 2.98. The summed E-state index contributed by atoms with van der Waals surface area (Å²) in [6, 6.07) is 3.65. The lowest BCUT2D eigenvalue weighted by molar-refractivity contribution is -0.123. The number of aryl methyl sites for hydroxylation is 1. The Balaban J connectivity index is 2.07. The van der Waals surface area contributed by atoms with E-state index in [1.807, 2.05) is 13.0 Å². The molecule has 1 saturated heterocycles. The summed E-state index contributed by atoms with van der Waals surface area (Å²) >= 11 is 0. The number of ether oxygens (including phenoxy) is 2. The molecule has 1 aliphatic heterocycles. The molecule has 5 nitrogen and oxygen atoms in total. The molecular formula is C13H18N2O3. The van der Waals surface area contributed by atoms with E-state index in [2.05, 4.69) is 10.3 Å². The summed E-state index contributed by atoms with van der Waals surface area (Å²) in [5.74, 6) is 0.913. The van der Waals surface area contributed by atoms with Crippen LogP contribution in [-0.4, -0.2) is 31.2 Å². The van der Waals surface area contributed by atoms with Crippen LogP contribution < -0.4 is 10.1 Å². The Kier molecular flexibility index (Phi) is 4.15. The zero-order chi connectivity index (χ0) is 13.0. The third-order valence-corrected chi connectivity index (χ3v) is 2.99. The molecule has 0 aliphatic carbocycles. The molecule has 98 valence electrons. The van der Waals surface area contributed by atoms with Crippen molar-refractivity contribution in [2.45, 2.75) is 19.8 Å². The number of hydrogen-bond donors (Lipinski definition) is 1. The topological polar surface area (TPSA) is 60.5 Å². The molecule has 0 bridgehead atoms. The minimum Gasteiger partial charge on any atom is -0.493 e. The van der Waals surface area contributed by atoms with Crippen molar-refractivity contribution < 1.29 is 14.3 Å². The van der Waals surface area contributed by atoms with E-state index in [1.165, 1.54) is 0 Å². The largest absolute Gasteiger partial charge is 0.493 e. The summed E-state index contributed by atoms with van der Waals surface area (Å²) < 4.78 is 10.5. The maximum absolute atomic E-state index is 12.1. The van der Waals surface area contributed by atoms with Crippen LogP contribution in [0, 0.1) is 12.8 Å². The molecule has 1 aromatic rings. The minimum atomic E-state index is -0.0919. The number of nitrogens with one attached hydrogen (secondary N) is 1. The fourth-order valence-corrected chi connectivity index (χ4v) is 1.96. The number of aromatic nitrogens is 1. The van der Waals surface area contributed by atoms with Gasteiger partial charge in [-0.1, -0.05) is 0 Å². The van der Waals surface area contributed by atoms with Crippen LogP contribution in [0.15, 0.2) is 12.1 Å². The molecule has 18 heavy (non-hydrogen) atoms. The summed E-state index contributed by atoms with van der Waals surface area (Å²) in [6.07, 6.45) is 1.79. The molecule has 1 aromatic heterocycles. The lowest BCUT2D eigenvalue weighted by Gasteiger charge is -2.21. The van der Waals surface area contributed by atoms with Gasteiger partial charge < -0.3 is 14.8 Å². The van der Waals surface area contributed by atoms with Gasteiger partial charge in [-0.15, -0.1) is 0 Å². The second-order valence-electron chi connectivity index (χ2n) is 4.41. The van der Waals surface area contributed by atoms with E-state index in [0.29, 0.717) is 18.2 Å². The van der Waals surface area contributed by atoms with Gasteiger partial charge in [-0.05, 0) is 31.9 Å². The van der Waals surface area contributed by atoms with Crippen LogP contribution in [0.4, 0.5) is 5.82 Å². The first-order chi connectivity index (χ1) is 8.70. The van der Waals surface area contributed by atoms with Crippen molar-refractivity contribution >= 4 is 11.7 Å². The van der Waals surface area contributed by atoms with Crippen molar-refractivity contribution in [3.63, 3.8) is 0 Å². The number of amides is 1. The van der Waals surface area contributed by atoms with E-state index in [0.717, 1.165) is 25.1 Å². The summed E-state index contributed by atoms with van der Waals surface area (Å²) in [6.45, 7) is 3.11. The number of pyridine rings is 1. The van der Waals surface area contributed by atoms with Gasteiger partial charge in [0.15, 0.2) is 11.6 Å². The number of carbonyl (C=O) groups is 1. The zero-order valence-electron chi connectivity index (χ0n) is 10.7. The molecule has 2 rings (SSSR count). The second kappa shape index (κ2) is 5.82. The number of methoxy groups -OCH3 is 1. The highest BCUT2D eigenvalue weighted by Crippen LogP contribution is 2.23. The highest BCUT2D eigenvalue weighted by atomic mass is 16.5. The molecule has 5 heteroatoms. The third-order valence-electron chi connectivity index (χ3n) is 2.99. The van der Waals surface area contributed by atoms with Crippen LogP contribution in [0.5, 0.6) is 5.75 Å².